The van der Waals surface area contributed by atoms with Crippen molar-refractivity contribution in [1.29, 1.82) is 0 Å². The summed E-state index contributed by atoms with van der Waals surface area (Å²) in [5.41, 5.74) is 1.22. The highest BCUT2D eigenvalue weighted by Gasteiger charge is 2.12. The molecule has 0 fully saturated rings. The average molecular weight is 287 g/mol. The van der Waals surface area contributed by atoms with Crippen LogP contribution in [0.15, 0.2) is 24.3 Å². The maximum Gasteiger partial charge on any atom is 0.252 e. The zero-order valence-corrected chi connectivity index (χ0v) is 13.0. The first-order valence-corrected chi connectivity index (χ1v) is 7.68. The standard InChI is InChI=1S/C18H25NO2/c1-3-4-5-6-10-15(2)19-18(21)17-13-8-7-11-16(17)12-9-14-20/h7-8,11,13,15,20H,3-6,10,14H2,1-2H3,(H,19,21). The van der Waals surface area contributed by atoms with Gasteiger partial charge >= 0.3 is 0 Å². The molecule has 0 bridgehead atoms. The van der Waals surface area contributed by atoms with Gasteiger partial charge in [0, 0.05) is 11.6 Å². The third-order valence-electron chi connectivity index (χ3n) is 3.34. The molecule has 3 nitrogen and oxygen atoms in total. The van der Waals surface area contributed by atoms with Crippen LogP contribution in [-0.2, 0) is 0 Å². The molecule has 0 spiro atoms. The Balaban J connectivity index is 2.59. The van der Waals surface area contributed by atoms with Crippen molar-refractivity contribution in [2.24, 2.45) is 0 Å². The number of aliphatic hydroxyl groups excluding tert-OH is 1. The molecule has 0 radical (unpaired) electrons. The van der Waals surface area contributed by atoms with Crippen molar-refractivity contribution in [2.75, 3.05) is 6.61 Å². The van der Waals surface area contributed by atoms with E-state index in [0.29, 0.717) is 11.1 Å². The molecular formula is C18H25NO2. The van der Waals surface area contributed by atoms with E-state index in [2.05, 4.69) is 24.1 Å². The summed E-state index contributed by atoms with van der Waals surface area (Å²) in [6.45, 7) is 4.02. The molecule has 0 aliphatic rings. The number of amides is 1. The predicted molar refractivity (Wildman–Crippen MR) is 86.1 cm³/mol. The minimum atomic E-state index is -0.205. The smallest absolute Gasteiger partial charge is 0.252 e. The predicted octanol–water partition coefficient (Wildman–Crippen LogP) is 3.12. The lowest BCUT2D eigenvalue weighted by Crippen LogP contribution is -2.32. The second-order valence-electron chi connectivity index (χ2n) is 5.23. The number of carbonyl (C=O) groups is 1. The molecule has 1 amide bonds. The number of rotatable bonds is 7. The fourth-order valence-electron chi connectivity index (χ4n) is 2.18. The van der Waals surface area contributed by atoms with E-state index < -0.39 is 0 Å². The van der Waals surface area contributed by atoms with E-state index in [1.807, 2.05) is 19.1 Å². The highest BCUT2D eigenvalue weighted by atomic mass is 16.2. The van der Waals surface area contributed by atoms with Crippen molar-refractivity contribution in [2.45, 2.75) is 52.0 Å². The van der Waals surface area contributed by atoms with Crippen LogP contribution in [0.4, 0.5) is 0 Å². The van der Waals surface area contributed by atoms with Gasteiger partial charge in [-0.05, 0) is 25.5 Å². The second kappa shape index (κ2) is 10.0. The van der Waals surface area contributed by atoms with Gasteiger partial charge in [-0.15, -0.1) is 0 Å². The number of benzene rings is 1. The Hall–Kier alpha value is -1.79. The van der Waals surface area contributed by atoms with E-state index >= 15 is 0 Å². The number of hydrogen-bond acceptors (Lipinski definition) is 2. The zero-order valence-electron chi connectivity index (χ0n) is 13.0. The molecule has 0 saturated heterocycles. The van der Waals surface area contributed by atoms with Gasteiger partial charge < -0.3 is 10.4 Å². The van der Waals surface area contributed by atoms with Crippen molar-refractivity contribution in [3.05, 3.63) is 35.4 Å². The van der Waals surface area contributed by atoms with Gasteiger partial charge in [0.05, 0.1) is 5.56 Å². The van der Waals surface area contributed by atoms with E-state index in [9.17, 15) is 4.79 Å². The summed E-state index contributed by atoms with van der Waals surface area (Å²) in [5, 5.41) is 11.8. The van der Waals surface area contributed by atoms with Crippen LogP contribution in [0.5, 0.6) is 0 Å². The van der Waals surface area contributed by atoms with Crippen LogP contribution in [0.3, 0.4) is 0 Å². The molecule has 21 heavy (non-hydrogen) atoms. The van der Waals surface area contributed by atoms with Gasteiger partial charge in [0.2, 0.25) is 0 Å². The molecule has 1 unspecified atom stereocenters. The van der Waals surface area contributed by atoms with Gasteiger partial charge in [-0.1, -0.05) is 56.6 Å². The fourth-order valence-corrected chi connectivity index (χ4v) is 2.18. The van der Waals surface area contributed by atoms with Gasteiger partial charge in [-0.25, -0.2) is 0 Å². The summed E-state index contributed by atoms with van der Waals surface area (Å²) >= 11 is 0. The largest absolute Gasteiger partial charge is 0.384 e. The lowest BCUT2D eigenvalue weighted by Gasteiger charge is -2.14. The Morgan fingerprint density at radius 2 is 2.05 bits per heavy atom. The molecule has 1 rings (SSSR count). The number of nitrogens with one attached hydrogen (secondary N) is 1. The average Bonchev–Trinajstić information content (AvgIpc) is 2.49. The maximum absolute atomic E-state index is 12.3. The van der Waals surface area contributed by atoms with Crippen molar-refractivity contribution in [3.63, 3.8) is 0 Å². The number of hydrogen-bond donors (Lipinski definition) is 2. The van der Waals surface area contributed by atoms with Gasteiger partial charge in [-0.3, -0.25) is 4.79 Å². The van der Waals surface area contributed by atoms with Gasteiger partial charge in [0.15, 0.2) is 0 Å². The van der Waals surface area contributed by atoms with Crippen molar-refractivity contribution >= 4 is 5.91 Å². The Kier molecular flexibility index (Phi) is 8.23. The SMILES string of the molecule is CCCCCCC(C)NC(=O)c1ccccc1C#CCO. The molecule has 0 aliphatic carbocycles. The highest BCUT2D eigenvalue weighted by molar-refractivity contribution is 5.96. The van der Waals surface area contributed by atoms with Gasteiger partial charge in [0.25, 0.3) is 5.91 Å². The van der Waals surface area contributed by atoms with Crippen molar-refractivity contribution < 1.29 is 9.90 Å². The molecule has 3 heteroatoms. The Bertz CT molecular complexity index is 499. The monoisotopic (exact) mass is 287 g/mol. The van der Waals surface area contributed by atoms with E-state index in [1.54, 1.807) is 12.1 Å². The molecular weight excluding hydrogens is 262 g/mol. The molecule has 0 saturated carbocycles. The van der Waals surface area contributed by atoms with Gasteiger partial charge in [0.1, 0.15) is 6.61 Å². The minimum absolute atomic E-state index is 0.0965. The van der Waals surface area contributed by atoms with Crippen LogP contribution in [-0.4, -0.2) is 23.7 Å². The first kappa shape index (κ1) is 17.3. The molecule has 1 atom stereocenters. The summed E-state index contributed by atoms with van der Waals surface area (Å²) in [6, 6.07) is 7.38. The molecule has 114 valence electrons. The normalized spacial score (nSPS) is 11.4. The molecule has 2 N–H and O–H groups in total. The fraction of sp³-hybridized carbons (Fsp3) is 0.500. The molecule has 1 aromatic carbocycles. The van der Waals surface area contributed by atoms with Crippen LogP contribution in [0.2, 0.25) is 0 Å². The lowest BCUT2D eigenvalue weighted by atomic mass is 10.1. The summed E-state index contributed by atoms with van der Waals surface area (Å²) in [6.07, 6.45) is 5.82. The molecule has 1 aromatic rings. The Labute approximate surface area is 127 Å². The Morgan fingerprint density at radius 3 is 2.76 bits per heavy atom. The van der Waals surface area contributed by atoms with Crippen LogP contribution < -0.4 is 5.32 Å². The minimum Gasteiger partial charge on any atom is -0.384 e. The molecule has 0 aromatic heterocycles. The summed E-state index contributed by atoms with van der Waals surface area (Å²) in [4.78, 5) is 12.3. The molecule has 0 heterocycles. The zero-order chi connectivity index (χ0) is 15.5. The number of aliphatic hydroxyl groups is 1. The van der Waals surface area contributed by atoms with E-state index in [4.69, 9.17) is 5.11 Å². The second-order valence-corrected chi connectivity index (χ2v) is 5.23. The maximum atomic E-state index is 12.3. The van der Waals surface area contributed by atoms with Crippen LogP contribution >= 0.6 is 0 Å². The Morgan fingerprint density at radius 1 is 1.29 bits per heavy atom. The highest BCUT2D eigenvalue weighted by Crippen LogP contribution is 2.09. The van der Waals surface area contributed by atoms with Crippen molar-refractivity contribution in [1.82, 2.24) is 5.32 Å². The number of unbranched alkanes of at least 4 members (excludes halogenated alkanes) is 3. The summed E-state index contributed by atoms with van der Waals surface area (Å²) in [5.74, 6) is 5.31. The topological polar surface area (TPSA) is 49.3 Å². The third kappa shape index (κ3) is 6.46. The van der Waals surface area contributed by atoms with Crippen molar-refractivity contribution in [3.8, 4) is 11.8 Å². The third-order valence-corrected chi connectivity index (χ3v) is 3.34. The van der Waals surface area contributed by atoms with Gasteiger partial charge in [-0.2, -0.15) is 0 Å². The van der Waals surface area contributed by atoms with Crippen LogP contribution in [0, 0.1) is 11.8 Å². The summed E-state index contributed by atoms with van der Waals surface area (Å²) < 4.78 is 0. The quantitative estimate of drug-likeness (QED) is 0.598. The van der Waals surface area contributed by atoms with Crippen LogP contribution in [0.25, 0.3) is 0 Å². The molecule has 0 aliphatic heterocycles. The first-order valence-electron chi connectivity index (χ1n) is 7.68. The first-order chi connectivity index (χ1) is 10.2. The number of carbonyl (C=O) groups excluding carboxylic acids is 1. The lowest BCUT2D eigenvalue weighted by molar-refractivity contribution is 0.0937. The van der Waals surface area contributed by atoms with E-state index in [0.717, 1.165) is 12.8 Å². The summed E-state index contributed by atoms with van der Waals surface area (Å²) in [7, 11) is 0. The van der Waals surface area contributed by atoms with Crippen LogP contribution in [0.1, 0.15) is 61.9 Å². The van der Waals surface area contributed by atoms with E-state index in [-0.39, 0.29) is 18.6 Å². The van der Waals surface area contributed by atoms with E-state index in [1.165, 1.54) is 19.3 Å².